The molecule has 70 valence electrons. The van der Waals surface area contributed by atoms with Crippen molar-refractivity contribution in [2.75, 3.05) is 0 Å². The summed E-state index contributed by atoms with van der Waals surface area (Å²) in [6.45, 7) is 3.68. The Balaban J connectivity index is 2.53. The molecule has 0 aliphatic heterocycles. The van der Waals surface area contributed by atoms with Gasteiger partial charge in [-0.25, -0.2) is 5.43 Å². The number of allylic oxidation sites excluding steroid dienone is 2. The zero-order valence-corrected chi connectivity index (χ0v) is 8.00. The summed E-state index contributed by atoms with van der Waals surface area (Å²) in [6.07, 6.45) is 7.72. The van der Waals surface area contributed by atoms with Gasteiger partial charge in [-0.15, -0.1) is 0 Å². The number of nitrogens with one attached hydrogen (secondary N) is 1. The van der Waals surface area contributed by atoms with E-state index in [0.29, 0.717) is 5.57 Å². The molecule has 1 aliphatic carbocycles. The molecular weight excluding hydrogens is 164 g/mol. The van der Waals surface area contributed by atoms with Gasteiger partial charge < -0.3 is 0 Å². The molecule has 0 aromatic heterocycles. The molecule has 0 unspecified atom stereocenters. The van der Waals surface area contributed by atoms with Gasteiger partial charge in [-0.2, -0.15) is 5.10 Å². The van der Waals surface area contributed by atoms with Crippen molar-refractivity contribution in [3.05, 3.63) is 23.8 Å². The first-order valence-corrected chi connectivity index (χ1v) is 4.38. The first-order valence-electron chi connectivity index (χ1n) is 4.38. The van der Waals surface area contributed by atoms with Crippen LogP contribution in [0.2, 0.25) is 0 Å². The van der Waals surface area contributed by atoms with Gasteiger partial charge in [0.05, 0.1) is 0 Å². The summed E-state index contributed by atoms with van der Waals surface area (Å²) in [6, 6.07) is 0. The molecular formula is C10H14N2O. The van der Waals surface area contributed by atoms with Crippen LogP contribution in [-0.2, 0) is 4.79 Å². The molecule has 0 radical (unpaired) electrons. The molecule has 0 bridgehead atoms. The fraction of sp³-hybridized carbons (Fsp3) is 0.400. The number of rotatable bonds is 2. The van der Waals surface area contributed by atoms with Crippen molar-refractivity contribution in [1.82, 2.24) is 5.43 Å². The minimum atomic E-state index is -0.128. The van der Waals surface area contributed by atoms with Crippen LogP contribution < -0.4 is 5.43 Å². The summed E-state index contributed by atoms with van der Waals surface area (Å²) in [7, 11) is 0. The SMILES string of the molecule is CC(C)=NNC(=O)C1=CCCC=C1. The van der Waals surface area contributed by atoms with Gasteiger partial charge in [0.2, 0.25) is 0 Å². The van der Waals surface area contributed by atoms with Crippen LogP contribution in [0.25, 0.3) is 0 Å². The minimum absolute atomic E-state index is 0.128. The fourth-order valence-electron chi connectivity index (χ4n) is 1.01. The number of hydrazone groups is 1. The quantitative estimate of drug-likeness (QED) is 0.508. The van der Waals surface area contributed by atoms with Crippen molar-refractivity contribution in [2.45, 2.75) is 26.7 Å². The van der Waals surface area contributed by atoms with E-state index in [1.807, 2.05) is 32.1 Å². The Morgan fingerprint density at radius 1 is 1.46 bits per heavy atom. The zero-order chi connectivity index (χ0) is 9.68. The number of hydrogen-bond donors (Lipinski definition) is 1. The van der Waals surface area contributed by atoms with Crippen molar-refractivity contribution < 1.29 is 4.79 Å². The molecule has 3 heteroatoms. The molecule has 0 spiro atoms. The average Bonchev–Trinajstić information content (AvgIpc) is 2.15. The first-order chi connectivity index (χ1) is 6.20. The number of nitrogens with zero attached hydrogens (tertiary/aromatic N) is 1. The lowest BCUT2D eigenvalue weighted by Gasteiger charge is -2.04. The van der Waals surface area contributed by atoms with Gasteiger partial charge in [0.15, 0.2) is 0 Å². The zero-order valence-electron chi connectivity index (χ0n) is 8.00. The molecule has 0 saturated carbocycles. The van der Waals surface area contributed by atoms with Gasteiger partial charge >= 0.3 is 0 Å². The monoisotopic (exact) mass is 178 g/mol. The third kappa shape index (κ3) is 3.23. The Morgan fingerprint density at radius 3 is 2.77 bits per heavy atom. The van der Waals surface area contributed by atoms with E-state index in [0.717, 1.165) is 18.6 Å². The van der Waals surface area contributed by atoms with Crippen LogP contribution in [0, 0.1) is 0 Å². The lowest BCUT2D eigenvalue weighted by Crippen LogP contribution is -2.20. The molecule has 13 heavy (non-hydrogen) atoms. The fourth-order valence-corrected chi connectivity index (χ4v) is 1.01. The van der Waals surface area contributed by atoms with Crippen molar-refractivity contribution in [3.63, 3.8) is 0 Å². The van der Waals surface area contributed by atoms with E-state index in [9.17, 15) is 4.79 Å². The third-order valence-corrected chi connectivity index (χ3v) is 1.64. The van der Waals surface area contributed by atoms with Gasteiger partial charge in [-0.05, 0) is 26.7 Å². The molecule has 0 saturated heterocycles. The van der Waals surface area contributed by atoms with Crippen LogP contribution in [0.5, 0.6) is 0 Å². The second-order valence-electron chi connectivity index (χ2n) is 3.14. The highest BCUT2D eigenvalue weighted by atomic mass is 16.2. The number of amides is 1. The Bertz CT molecular complexity index is 283. The molecule has 1 aliphatic rings. The van der Waals surface area contributed by atoms with Gasteiger partial charge in [0.1, 0.15) is 0 Å². The van der Waals surface area contributed by atoms with E-state index in [1.54, 1.807) is 0 Å². The number of carbonyl (C=O) groups excluding carboxylic acids is 1. The molecule has 0 aromatic carbocycles. The number of hydrogen-bond acceptors (Lipinski definition) is 2. The Morgan fingerprint density at radius 2 is 2.23 bits per heavy atom. The topological polar surface area (TPSA) is 41.5 Å². The highest BCUT2D eigenvalue weighted by Crippen LogP contribution is 2.09. The molecule has 1 N–H and O–H groups in total. The second-order valence-corrected chi connectivity index (χ2v) is 3.14. The van der Waals surface area contributed by atoms with E-state index in [1.165, 1.54) is 0 Å². The summed E-state index contributed by atoms with van der Waals surface area (Å²) in [5.41, 5.74) is 4.03. The van der Waals surface area contributed by atoms with E-state index in [4.69, 9.17) is 0 Å². The molecule has 0 heterocycles. The van der Waals surface area contributed by atoms with Crippen LogP contribution >= 0.6 is 0 Å². The summed E-state index contributed by atoms with van der Waals surface area (Å²) in [5.74, 6) is -0.128. The van der Waals surface area contributed by atoms with E-state index in [2.05, 4.69) is 10.5 Å². The standard InChI is InChI=1S/C10H14N2O/c1-8(2)11-12-10(13)9-6-4-3-5-7-9/h4,6-7H,3,5H2,1-2H3,(H,12,13). The van der Waals surface area contributed by atoms with Gasteiger partial charge in [0, 0.05) is 11.3 Å². The molecule has 0 atom stereocenters. The first kappa shape index (κ1) is 9.71. The van der Waals surface area contributed by atoms with E-state index < -0.39 is 0 Å². The molecule has 3 nitrogen and oxygen atoms in total. The minimum Gasteiger partial charge on any atom is -0.267 e. The third-order valence-electron chi connectivity index (χ3n) is 1.64. The van der Waals surface area contributed by atoms with Crippen molar-refractivity contribution >= 4 is 11.6 Å². The lowest BCUT2D eigenvalue weighted by molar-refractivity contribution is -0.117. The summed E-state index contributed by atoms with van der Waals surface area (Å²) >= 11 is 0. The van der Waals surface area contributed by atoms with Gasteiger partial charge in [0.25, 0.3) is 5.91 Å². The average molecular weight is 178 g/mol. The summed E-state index contributed by atoms with van der Waals surface area (Å²) in [4.78, 5) is 11.4. The van der Waals surface area contributed by atoms with Crippen LogP contribution in [0.15, 0.2) is 28.9 Å². The molecule has 1 rings (SSSR count). The maximum atomic E-state index is 11.4. The predicted molar refractivity (Wildman–Crippen MR) is 53.4 cm³/mol. The second kappa shape index (κ2) is 4.60. The van der Waals surface area contributed by atoms with Crippen LogP contribution in [0.3, 0.4) is 0 Å². The highest BCUT2D eigenvalue weighted by Gasteiger charge is 2.06. The smallest absolute Gasteiger partial charge is 0.267 e. The van der Waals surface area contributed by atoms with E-state index >= 15 is 0 Å². The van der Waals surface area contributed by atoms with Crippen LogP contribution in [0.4, 0.5) is 0 Å². The number of carbonyl (C=O) groups is 1. The lowest BCUT2D eigenvalue weighted by atomic mass is 10.1. The molecule has 1 amide bonds. The maximum Gasteiger partial charge on any atom is 0.271 e. The Labute approximate surface area is 78.2 Å². The van der Waals surface area contributed by atoms with Gasteiger partial charge in [-0.1, -0.05) is 18.2 Å². The summed E-state index contributed by atoms with van der Waals surface area (Å²) < 4.78 is 0. The van der Waals surface area contributed by atoms with Crippen molar-refractivity contribution in [1.29, 1.82) is 0 Å². The Kier molecular flexibility index (Phi) is 3.43. The van der Waals surface area contributed by atoms with E-state index in [-0.39, 0.29) is 5.91 Å². The Hall–Kier alpha value is -1.38. The van der Waals surface area contributed by atoms with Crippen molar-refractivity contribution in [2.24, 2.45) is 5.10 Å². The largest absolute Gasteiger partial charge is 0.271 e. The van der Waals surface area contributed by atoms with Crippen LogP contribution in [-0.4, -0.2) is 11.6 Å². The highest BCUT2D eigenvalue weighted by molar-refractivity contribution is 5.96. The molecule has 0 aromatic rings. The maximum absolute atomic E-state index is 11.4. The van der Waals surface area contributed by atoms with Gasteiger partial charge in [-0.3, -0.25) is 4.79 Å². The predicted octanol–water partition coefficient (Wildman–Crippen LogP) is 1.77. The normalized spacial score (nSPS) is 14.8. The molecule has 0 fully saturated rings. The van der Waals surface area contributed by atoms with Crippen LogP contribution in [0.1, 0.15) is 26.7 Å². The van der Waals surface area contributed by atoms with Crippen molar-refractivity contribution in [3.8, 4) is 0 Å². The summed E-state index contributed by atoms with van der Waals surface area (Å²) in [5, 5.41) is 3.84.